The van der Waals surface area contributed by atoms with E-state index in [2.05, 4.69) is 23.2 Å². The first-order valence-corrected chi connectivity index (χ1v) is 5.93. The summed E-state index contributed by atoms with van der Waals surface area (Å²) in [6, 6.07) is 10.3. The summed E-state index contributed by atoms with van der Waals surface area (Å²) in [5.74, 6) is 0. The van der Waals surface area contributed by atoms with Gasteiger partial charge in [-0.25, -0.2) is 0 Å². The van der Waals surface area contributed by atoms with Crippen molar-refractivity contribution in [1.82, 2.24) is 4.98 Å². The molecule has 0 atom stereocenters. The van der Waals surface area contributed by atoms with Gasteiger partial charge in [-0.3, -0.25) is 17.3 Å². The van der Waals surface area contributed by atoms with Gasteiger partial charge in [-0.2, -0.15) is 0 Å². The first-order valence-electron chi connectivity index (χ1n) is 5.93. The molecule has 25 heavy (non-hydrogen) atoms. The van der Waals surface area contributed by atoms with Gasteiger partial charge in [0.05, 0.1) is 0 Å². The van der Waals surface area contributed by atoms with E-state index in [1.165, 1.54) is 10.9 Å². The second kappa shape index (κ2) is 18.8. The van der Waals surface area contributed by atoms with Crippen molar-refractivity contribution in [3.05, 3.63) is 36.5 Å². The molecule has 0 saturated carbocycles. The van der Waals surface area contributed by atoms with Gasteiger partial charge < -0.3 is 45.2 Å². The lowest BCUT2D eigenvalue weighted by Gasteiger charge is -1.83. The molecule has 0 saturated heterocycles. The van der Waals surface area contributed by atoms with Crippen molar-refractivity contribution in [2.45, 2.75) is 0 Å². The number of aromatic amines is 1. The summed E-state index contributed by atoms with van der Waals surface area (Å²) < 4.78 is 40.4. The van der Waals surface area contributed by atoms with Gasteiger partial charge in [0.1, 0.15) is 0 Å². The van der Waals surface area contributed by atoms with E-state index in [1.54, 1.807) is 0 Å². The first-order chi connectivity index (χ1) is 11.4. The third-order valence-electron chi connectivity index (χ3n) is 1.46. The Kier molecular flexibility index (Phi) is 21.2. The number of halogens is 4. The predicted molar refractivity (Wildman–Crippen MR) is 83.5 cm³/mol. The Hall–Kier alpha value is -1.58. The van der Waals surface area contributed by atoms with Crippen LogP contribution in [0.5, 0.6) is 0 Å². The molecular formula is C8H15B4F4NO8. The van der Waals surface area contributed by atoms with Crippen LogP contribution in [0.25, 0.3) is 10.9 Å². The van der Waals surface area contributed by atoms with Crippen molar-refractivity contribution in [3.8, 4) is 0 Å². The second-order valence-corrected chi connectivity index (χ2v) is 3.31. The van der Waals surface area contributed by atoms with Gasteiger partial charge >= 0.3 is 29.6 Å². The van der Waals surface area contributed by atoms with Gasteiger partial charge in [0, 0.05) is 11.7 Å². The molecule has 1 aromatic carbocycles. The minimum Gasteiger partial charge on any atom is -0.398 e. The zero-order chi connectivity index (χ0) is 20.4. The van der Waals surface area contributed by atoms with Crippen molar-refractivity contribution < 1.29 is 57.5 Å². The molecule has 0 unspecified atom stereocenters. The summed E-state index contributed by atoms with van der Waals surface area (Å²) in [5.41, 5.74) is 1.21. The van der Waals surface area contributed by atoms with Gasteiger partial charge in [0.25, 0.3) is 0 Å². The maximum Gasteiger partial charge on any atom is 0.674 e. The minimum atomic E-state index is -2.67. The fourth-order valence-corrected chi connectivity index (χ4v) is 0.995. The standard InChI is InChI=1S/C8H7N.4BFH2O2/c1-2-4-8-7(3-1)5-6-9-8;4*2-1(3)4/h1-6,9H;4*3-4H. The number of aromatic nitrogens is 1. The molecule has 0 aliphatic carbocycles. The van der Waals surface area contributed by atoms with E-state index in [1.807, 2.05) is 18.3 Å². The van der Waals surface area contributed by atoms with Gasteiger partial charge in [-0.1, -0.05) is 18.2 Å². The molecule has 9 N–H and O–H groups in total. The SMILES string of the molecule is OB(O)F.OB(O)F.OB(O)F.OB(O)F.c1ccc2[nH]ccc2c1. The van der Waals surface area contributed by atoms with Crippen LogP contribution in [0.3, 0.4) is 0 Å². The zero-order valence-corrected chi connectivity index (χ0v) is 12.4. The van der Waals surface area contributed by atoms with Crippen molar-refractivity contribution in [1.29, 1.82) is 0 Å². The van der Waals surface area contributed by atoms with E-state index in [9.17, 15) is 17.3 Å². The largest absolute Gasteiger partial charge is 0.674 e. The number of hydrogen-bond donors (Lipinski definition) is 9. The molecular weight excluding hydrogens is 357 g/mol. The Balaban J connectivity index is -0.000000263. The highest BCUT2D eigenvalue weighted by atomic mass is 19.1. The third-order valence-corrected chi connectivity index (χ3v) is 1.46. The molecule has 9 nitrogen and oxygen atoms in total. The van der Waals surface area contributed by atoms with Crippen LogP contribution in [0.15, 0.2) is 36.5 Å². The summed E-state index contributed by atoms with van der Waals surface area (Å²) in [7, 11) is -10.7. The van der Waals surface area contributed by atoms with E-state index in [0.717, 1.165) is 0 Å². The van der Waals surface area contributed by atoms with Gasteiger partial charge in [0.15, 0.2) is 0 Å². The highest BCUT2D eigenvalue weighted by Crippen LogP contribution is 2.09. The average molecular weight is 372 g/mol. The topological polar surface area (TPSA) is 178 Å². The molecule has 2 aromatic rings. The Morgan fingerprint density at radius 3 is 1.24 bits per heavy atom. The van der Waals surface area contributed by atoms with Crippen LogP contribution in [0.1, 0.15) is 0 Å². The van der Waals surface area contributed by atoms with Gasteiger partial charge in [-0.15, -0.1) is 0 Å². The number of para-hydroxylation sites is 1. The minimum absolute atomic E-state index is 1.21. The quantitative estimate of drug-likeness (QED) is 0.186. The van der Waals surface area contributed by atoms with Crippen LogP contribution >= 0.6 is 0 Å². The highest BCUT2D eigenvalue weighted by Gasteiger charge is 1.98. The maximum absolute atomic E-state index is 10.1. The number of rotatable bonds is 0. The van der Waals surface area contributed by atoms with E-state index in [4.69, 9.17) is 40.2 Å². The summed E-state index contributed by atoms with van der Waals surface area (Å²) in [5, 5.41) is 56.8. The summed E-state index contributed by atoms with van der Waals surface area (Å²) in [6.07, 6.45) is 1.95. The van der Waals surface area contributed by atoms with E-state index < -0.39 is 29.6 Å². The Morgan fingerprint density at radius 2 is 0.920 bits per heavy atom. The van der Waals surface area contributed by atoms with Gasteiger partial charge in [-0.05, 0) is 17.5 Å². The molecule has 1 aromatic heterocycles. The Morgan fingerprint density at radius 1 is 0.600 bits per heavy atom. The first kappa shape index (κ1) is 28.2. The summed E-state index contributed by atoms with van der Waals surface area (Å²) in [6.45, 7) is 0. The van der Waals surface area contributed by atoms with Crippen LogP contribution in [-0.2, 0) is 0 Å². The third kappa shape index (κ3) is 39.3. The van der Waals surface area contributed by atoms with Crippen LogP contribution in [0, 0.1) is 0 Å². The van der Waals surface area contributed by atoms with Crippen molar-refractivity contribution in [3.63, 3.8) is 0 Å². The second-order valence-electron chi connectivity index (χ2n) is 3.31. The van der Waals surface area contributed by atoms with Gasteiger partial charge in [0.2, 0.25) is 0 Å². The lowest BCUT2D eigenvalue weighted by Crippen LogP contribution is -1.98. The average Bonchev–Trinajstić information content (AvgIpc) is 2.83. The number of hydrogen-bond acceptors (Lipinski definition) is 8. The monoisotopic (exact) mass is 373 g/mol. The molecule has 0 fully saturated rings. The molecule has 0 bridgehead atoms. The smallest absolute Gasteiger partial charge is 0.398 e. The number of H-pyrrole nitrogens is 1. The lowest BCUT2D eigenvalue weighted by atomic mass is 10.3. The van der Waals surface area contributed by atoms with E-state index >= 15 is 0 Å². The molecule has 1 heterocycles. The van der Waals surface area contributed by atoms with Crippen molar-refractivity contribution in [2.75, 3.05) is 0 Å². The molecule has 17 heteroatoms. The Labute approximate surface area is 140 Å². The summed E-state index contributed by atoms with van der Waals surface area (Å²) >= 11 is 0. The number of fused-ring (bicyclic) bond motifs is 1. The number of benzene rings is 1. The Bertz CT molecular complexity index is 444. The van der Waals surface area contributed by atoms with Crippen LogP contribution < -0.4 is 0 Å². The fourth-order valence-electron chi connectivity index (χ4n) is 0.995. The number of nitrogens with one attached hydrogen (secondary N) is 1. The zero-order valence-electron chi connectivity index (χ0n) is 12.4. The molecule has 0 radical (unpaired) electrons. The lowest BCUT2D eigenvalue weighted by molar-refractivity contribution is 0.338. The molecule has 0 aliphatic heterocycles. The van der Waals surface area contributed by atoms with Crippen LogP contribution in [0.4, 0.5) is 17.3 Å². The van der Waals surface area contributed by atoms with E-state index in [-0.39, 0.29) is 0 Å². The normalized spacial score (nSPS) is 8.00. The van der Waals surface area contributed by atoms with Crippen LogP contribution in [0.2, 0.25) is 0 Å². The maximum atomic E-state index is 10.1. The fraction of sp³-hybridized carbons (Fsp3) is 0. The predicted octanol–water partition coefficient (Wildman–Crippen LogP) is -2.13. The summed E-state index contributed by atoms with van der Waals surface area (Å²) in [4.78, 5) is 3.12. The van der Waals surface area contributed by atoms with E-state index in [0.29, 0.717) is 0 Å². The molecule has 0 spiro atoms. The molecule has 0 amide bonds. The van der Waals surface area contributed by atoms with Crippen LogP contribution in [-0.4, -0.2) is 74.8 Å². The van der Waals surface area contributed by atoms with Crippen molar-refractivity contribution >= 4 is 40.5 Å². The molecule has 2 rings (SSSR count). The highest BCUT2D eigenvalue weighted by molar-refractivity contribution is 6.32. The molecule has 0 aliphatic rings. The molecule has 140 valence electrons. The van der Waals surface area contributed by atoms with Crippen molar-refractivity contribution in [2.24, 2.45) is 0 Å².